The van der Waals surface area contributed by atoms with Gasteiger partial charge in [-0.2, -0.15) is 0 Å². The number of hydrogen-bond donors (Lipinski definition) is 0. The van der Waals surface area contributed by atoms with Crippen molar-refractivity contribution in [3.63, 3.8) is 0 Å². The first kappa shape index (κ1) is 18.6. The van der Waals surface area contributed by atoms with Crippen LogP contribution in [0.15, 0.2) is 66.7 Å². The molecule has 1 amide bonds. The van der Waals surface area contributed by atoms with Gasteiger partial charge in [0.05, 0.1) is 32.6 Å². The lowest BCUT2D eigenvalue weighted by molar-refractivity contribution is -0.112. The van der Waals surface area contributed by atoms with Crippen LogP contribution in [0.4, 0.5) is 11.4 Å². The zero-order chi connectivity index (χ0) is 20.4. The number of amides is 1. The normalized spacial score (nSPS) is 14.1. The lowest BCUT2D eigenvalue weighted by atomic mass is 10.0. The van der Waals surface area contributed by atoms with Crippen molar-refractivity contribution >= 4 is 28.9 Å². The molecular formula is C24H21NO4. The fraction of sp³-hybridized carbons (Fsp3) is 0.125. The lowest BCUT2D eigenvalue weighted by Crippen LogP contribution is -2.20. The van der Waals surface area contributed by atoms with Crippen molar-refractivity contribution in [2.75, 3.05) is 26.2 Å². The van der Waals surface area contributed by atoms with E-state index >= 15 is 0 Å². The van der Waals surface area contributed by atoms with E-state index in [1.165, 1.54) is 0 Å². The Bertz CT molecular complexity index is 1060. The van der Waals surface area contributed by atoms with Crippen LogP contribution in [0.3, 0.4) is 0 Å². The van der Waals surface area contributed by atoms with Crippen LogP contribution in [0.2, 0.25) is 0 Å². The Hall–Kier alpha value is -3.73. The van der Waals surface area contributed by atoms with Gasteiger partial charge in [-0.1, -0.05) is 36.4 Å². The number of methoxy groups -OCH3 is 3. The topological polar surface area (TPSA) is 48.0 Å². The predicted molar refractivity (Wildman–Crippen MR) is 114 cm³/mol. The number of fused-ring (bicyclic) bond motifs is 1. The van der Waals surface area contributed by atoms with Gasteiger partial charge >= 0.3 is 0 Å². The van der Waals surface area contributed by atoms with Crippen molar-refractivity contribution in [2.24, 2.45) is 0 Å². The monoisotopic (exact) mass is 387 g/mol. The molecule has 0 unspecified atom stereocenters. The fourth-order valence-corrected chi connectivity index (χ4v) is 3.57. The number of benzene rings is 3. The minimum atomic E-state index is -0.0776. The third-order valence-electron chi connectivity index (χ3n) is 4.88. The number of hydrogen-bond acceptors (Lipinski definition) is 4. The molecule has 29 heavy (non-hydrogen) atoms. The van der Waals surface area contributed by atoms with Gasteiger partial charge in [0.15, 0.2) is 11.5 Å². The molecule has 1 aliphatic heterocycles. The molecule has 0 aliphatic carbocycles. The van der Waals surface area contributed by atoms with Crippen molar-refractivity contribution in [1.29, 1.82) is 0 Å². The first-order valence-corrected chi connectivity index (χ1v) is 9.18. The molecule has 146 valence electrons. The Kier molecular flexibility index (Phi) is 4.96. The second-order valence-corrected chi connectivity index (χ2v) is 6.51. The Morgan fingerprint density at radius 2 is 1.41 bits per heavy atom. The molecule has 0 spiro atoms. The Morgan fingerprint density at radius 1 is 0.793 bits per heavy atom. The van der Waals surface area contributed by atoms with Crippen molar-refractivity contribution in [1.82, 2.24) is 0 Å². The summed E-state index contributed by atoms with van der Waals surface area (Å²) in [5.74, 6) is 1.52. The summed E-state index contributed by atoms with van der Waals surface area (Å²) in [7, 11) is 4.70. The van der Waals surface area contributed by atoms with E-state index in [0.717, 1.165) is 22.5 Å². The fourth-order valence-electron chi connectivity index (χ4n) is 3.57. The van der Waals surface area contributed by atoms with Crippen LogP contribution in [-0.2, 0) is 4.79 Å². The van der Waals surface area contributed by atoms with Crippen LogP contribution in [0, 0.1) is 0 Å². The van der Waals surface area contributed by atoms with Crippen LogP contribution in [0.25, 0.3) is 11.6 Å². The molecule has 4 rings (SSSR count). The van der Waals surface area contributed by atoms with Crippen molar-refractivity contribution < 1.29 is 19.0 Å². The molecule has 0 bridgehead atoms. The second kappa shape index (κ2) is 7.72. The van der Waals surface area contributed by atoms with Crippen LogP contribution < -0.4 is 19.1 Å². The highest BCUT2D eigenvalue weighted by atomic mass is 16.5. The number of carbonyl (C=O) groups is 1. The summed E-state index contributed by atoms with van der Waals surface area (Å²) in [5, 5.41) is 0. The largest absolute Gasteiger partial charge is 0.493 e. The SMILES string of the molecule is COc1cc(/C=C2/C(=O)N(c3ccccc3)c3ccccc32)cc(OC)c1OC. The predicted octanol–water partition coefficient (Wildman–Crippen LogP) is 4.93. The summed E-state index contributed by atoms with van der Waals surface area (Å²) in [6.45, 7) is 0. The van der Waals surface area contributed by atoms with E-state index in [4.69, 9.17) is 14.2 Å². The highest BCUT2D eigenvalue weighted by molar-refractivity contribution is 6.38. The number of para-hydroxylation sites is 2. The molecule has 5 nitrogen and oxygen atoms in total. The van der Waals surface area contributed by atoms with Gasteiger partial charge in [0.1, 0.15) is 0 Å². The van der Waals surface area contributed by atoms with Crippen LogP contribution in [0.5, 0.6) is 17.2 Å². The minimum absolute atomic E-state index is 0.0776. The quantitative estimate of drug-likeness (QED) is 0.583. The number of rotatable bonds is 5. The number of anilines is 2. The van der Waals surface area contributed by atoms with E-state index in [2.05, 4.69) is 0 Å². The van der Waals surface area contributed by atoms with Crippen molar-refractivity contribution in [3.05, 3.63) is 77.9 Å². The first-order chi connectivity index (χ1) is 14.2. The van der Waals surface area contributed by atoms with E-state index in [1.54, 1.807) is 26.2 Å². The molecule has 0 saturated heterocycles. The van der Waals surface area contributed by atoms with Crippen LogP contribution >= 0.6 is 0 Å². The van der Waals surface area contributed by atoms with E-state index in [9.17, 15) is 4.79 Å². The maximum Gasteiger partial charge on any atom is 0.263 e. The van der Waals surface area contributed by atoms with Crippen LogP contribution in [-0.4, -0.2) is 27.2 Å². The Labute approximate surface area is 169 Å². The molecule has 0 aromatic heterocycles. The van der Waals surface area contributed by atoms with Crippen LogP contribution in [0.1, 0.15) is 11.1 Å². The number of nitrogens with zero attached hydrogens (tertiary/aromatic N) is 1. The van der Waals surface area contributed by atoms with E-state index < -0.39 is 0 Å². The Morgan fingerprint density at radius 3 is 2.03 bits per heavy atom. The van der Waals surface area contributed by atoms with Crippen molar-refractivity contribution in [3.8, 4) is 17.2 Å². The maximum atomic E-state index is 13.4. The summed E-state index contributed by atoms with van der Waals surface area (Å²) in [4.78, 5) is 15.1. The number of carbonyl (C=O) groups excluding carboxylic acids is 1. The summed E-state index contributed by atoms with van der Waals surface area (Å²) in [6, 6.07) is 21.1. The molecule has 0 radical (unpaired) electrons. The van der Waals surface area contributed by atoms with E-state index in [0.29, 0.717) is 22.8 Å². The van der Waals surface area contributed by atoms with Gasteiger partial charge in [0, 0.05) is 11.3 Å². The molecule has 3 aromatic carbocycles. The average Bonchev–Trinajstić information content (AvgIpc) is 3.05. The highest BCUT2D eigenvalue weighted by Gasteiger charge is 2.33. The average molecular weight is 387 g/mol. The molecule has 5 heteroatoms. The summed E-state index contributed by atoms with van der Waals surface area (Å²) >= 11 is 0. The molecule has 3 aromatic rings. The third-order valence-corrected chi connectivity index (χ3v) is 4.88. The minimum Gasteiger partial charge on any atom is -0.493 e. The standard InChI is InChI=1S/C24H21NO4/c1-27-21-14-16(15-22(28-2)23(21)29-3)13-19-18-11-7-8-12-20(18)25(24(19)26)17-9-5-4-6-10-17/h4-15H,1-3H3/b19-13+. The van der Waals surface area contributed by atoms with E-state index in [1.807, 2.05) is 72.8 Å². The molecular weight excluding hydrogens is 366 g/mol. The summed E-state index contributed by atoms with van der Waals surface area (Å²) in [6.07, 6.45) is 1.86. The summed E-state index contributed by atoms with van der Waals surface area (Å²) in [5.41, 5.74) is 3.97. The first-order valence-electron chi connectivity index (χ1n) is 9.18. The summed E-state index contributed by atoms with van der Waals surface area (Å²) < 4.78 is 16.3. The van der Waals surface area contributed by atoms with Gasteiger partial charge in [0.2, 0.25) is 5.75 Å². The molecule has 0 saturated carbocycles. The molecule has 0 atom stereocenters. The maximum absolute atomic E-state index is 13.4. The van der Waals surface area contributed by atoms with Gasteiger partial charge in [-0.25, -0.2) is 0 Å². The molecule has 0 N–H and O–H groups in total. The van der Waals surface area contributed by atoms with Crippen molar-refractivity contribution in [2.45, 2.75) is 0 Å². The van der Waals surface area contributed by atoms with Gasteiger partial charge in [-0.3, -0.25) is 9.69 Å². The number of ether oxygens (including phenoxy) is 3. The second-order valence-electron chi connectivity index (χ2n) is 6.51. The zero-order valence-corrected chi connectivity index (χ0v) is 16.5. The van der Waals surface area contributed by atoms with Gasteiger partial charge in [-0.05, 0) is 42.0 Å². The lowest BCUT2D eigenvalue weighted by Gasteiger charge is -2.17. The highest BCUT2D eigenvalue weighted by Crippen LogP contribution is 2.43. The smallest absolute Gasteiger partial charge is 0.263 e. The molecule has 1 heterocycles. The van der Waals surface area contributed by atoms with Gasteiger partial charge < -0.3 is 14.2 Å². The molecule has 1 aliphatic rings. The zero-order valence-electron chi connectivity index (χ0n) is 16.5. The van der Waals surface area contributed by atoms with E-state index in [-0.39, 0.29) is 5.91 Å². The third kappa shape index (κ3) is 3.21. The molecule has 0 fully saturated rings. The van der Waals surface area contributed by atoms with Gasteiger partial charge in [0.25, 0.3) is 5.91 Å². The Balaban J connectivity index is 1.86. The van der Waals surface area contributed by atoms with Gasteiger partial charge in [-0.15, -0.1) is 0 Å².